The van der Waals surface area contributed by atoms with Crippen molar-refractivity contribution in [3.63, 3.8) is 0 Å². The molecule has 0 atom stereocenters. The molecule has 1 aliphatic carbocycles. The number of aromatic amines is 1. The zero-order valence-corrected chi connectivity index (χ0v) is 10.5. The minimum absolute atomic E-state index is 0.596. The van der Waals surface area contributed by atoms with Crippen molar-refractivity contribution >= 4 is 11.8 Å². The van der Waals surface area contributed by atoms with Gasteiger partial charge in [0.1, 0.15) is 10.9 Å². The van der Waals surface area contributed by atoms with E-state index in [0.29, 0.717) is 5.92 Å². The Hall–Kier alpha value is -1.36. The van der Waals surface area contributed by atoms with Crippen molar-refractivity contribution in [3.05, 3.63) is 30.0 Å². The number of hydrogen-bond acceptors (Lipinski definition) is 4. The lowest BCUT2D eigenvalue weighted by Gasteiger charge is -2.00. The van der Waals surface area contributed by atoms with Crippen molar-refractivity contribution in [1.82, 2.24) is 19.9 Å². The average molecular weight is 246 g/mol. The molecular formula is C12H14N4S. The molecule has 1 saturated carbocycles. The van der Waals surface area contributed by atoms with Crippen LogP contribution < -0.4 is 0 Å². The minimum Gasteiger partial charge on any atom is -0.337 e. The number of H-pyrrole nitrogens is 1. The Morgan fingerprint density at radius 1 is 1.41 bits per heavy atom. The second-order valence-corrected chi connectivity index (χ2v) is 5.21. The quantitative estimate of drug-likeness (QED) is 0.843. The van der Waals surface area contributed by atoms with Gasteiger partial charge < -0.3 is 4.98 Å². The Bertz CT molecular complexity index is 519. The highest BCUT2D eigenvalue weighted by molar-refractivity contribution is 7.99. The van der Waals surface area contributed by atoms with Gasteiger partial charge in [-0.2, -0.15) is 0 Å². The predicted octanol–water partition coefficient (Wildman–Crippen LogP) is 2.79. The second kappa shape index (κ2) is 4.49. The van der Waals surface area contributed by atoms with Crippen molar-refractivity contribution in [2.24, 2.45) is 0 Å². The van der Waals surface area contributed by atoms with Crippen LogP contribution in [0.25, 0.3) is 0 Å². The lowest BCUT2D eigenvalue weighted by molar-refractivity contribution is 0.874. The Labute approximate surface area is 104 Å². The first-order chi connectivity index (χ1) is 8.35. The van der Waals surface area contributed by atoms with E-state index in [9.17, 15) is 0 Å². The highest BCUT2D eigenvalue weighted by atomic mass is 32.2. The van der Waals surface area contributed by atoms with Gasteiger partial charge >= 0.3 is 0 Å². The number of nitrogens with one attached hydrogen (secondary N) is 1. The summed E-state index contributed by atoms with van der Waals surface area (Å²) < 4.78 is 0. The van der Waals surface area contributed by atoms with Crippen LogP contribution in [0.2, 0.25) is 0 Å². The zero-order valence-electron chi connectivity index (χ0n) is 9.68. The van der Waals surface area contributed by atoms with Gasteiger partial charge in [-0.05, 0) is 37.1 Å². The third-order valence-electron chi connectivity index (χ3n) is 2.78. The van der Waals surface area contributed by atoms with Crippen LogP contribution in [-0.4, -0.2) is 19.9 Å². The summed E-state index contributed by atoms with van der Waals surface area (Å²) in [7, 11) is 0. The van der Waals surface area contributed by atoms with Crippen LogP contribution in [0.15, 0.2) is 28.6 Å². The third kappa shape index (κ3) is 2.49. The number of aryl methyl sites for hydroxylation is 1. The summed E-state index contributed by atoms with van der Waals surface area (Å²) in [6, 6.07) is 1.94. The summed E-state index contributed by atoms with van der Waals surface area (Å²) >= 11 is 1.57. The van der Waals surface area contributed by atoms with Gasteiger partial charge in [0.05, 0.1) is 0 Å². The molecule has 1 aliphatic rings. The van der Waals surface area contributed by atoms with Crippen LogP contribution in [0, 0.1) is 0 Å². The summed E-state index contributed by atoms with van der Waals surface area (Å²) in [6.07, 6.45) is 7.16. The summed E-state index contributed by atoms with van der Waals surface area (Å²) in [5.74, 6) is 1.58. The summed E-state index contributed by atoms with van der Waals surface area (Å²) in [4.78, 5) is 16.5. The molecule has 0 spiro atoms. The molecule has 88 valence electrons. The Kier molecular flexibility index (Phi) is 2.84. The van der Waals surface area contributed by atoms with E-state index < -0.39 is 0 Å². The van der Waals surface area contributed by atoms with E-state index >= 15 is 0 Å². The molecule has 2 aromatic heterocycles. The van der Waals surface area contributed by atoms with Crippen molar-refractivity contribution in [2.75, 3.05) is 0 Å². The Morgan fingerprint density at radius 3 is 3.00 bits per heavy atom. The van der Waals surface area contributed by atoms with E-state index in [4.69, 9.17) is 0 Å². The second-order valence-electron chi connectivity index (χ2n) is 4.20. The van der Waals surface area contributed by atoms with Crippen molar-refractivity contribution < 1.29 is 0 Å². The van der Waals surface area contributed by atoms with E-state index in [-0.39, 0.29) is 0 Å². The fourth-order valence-corrected chi connectivity index (χ4v) is 2.37. The summed E-state index contributed by atoms with van der Waals surface area (Å²) in [6.45, 7) is 2.11. The minimum atomic E-state index is 0.596. The number of imidazole rings is 1. The molecule has 0 radical (unpaired) electrons. The van der Waals surface area contributed by atoms with Gasteiger partial charge in [-0.15, -0.1) is 0 Å². The molecule has 3 rings (SSSR count). The monoisotopic (exact) mass is 246 g/mol. The molecule has 2 heterocycles. The fourth-order valence-electron chi connectivity index (χ4n) is 1.62. The molecule has 0 unspecified atom stereocenters. The normalized spacial score (nSPS) is 15.1. The van der Waals surface area contributed by atoms with E-state index in [1.807, 2.05) is 18.5 Å². The molecule has 1 fully saturated rings. The number of nitrogens with zero attached hydrogens (tertiary/aromatic N) is 3. The number of hydrogen-bond donors (Lipinski definition) is 1. The van der Waals surface area contributed by atoms with Crippen LogP contribution in [0.5, 0.6) is 0 Å². The molecular weight excluding hydrogens is 232 g/mol. The van der Waals surface area contributed by atoms with Crippen molar-refractivity contribution in [2.45, 2.75) is 42.3 Å². The molecule has 0 aliphatic heterocycles. The summed E-state index contributed by atoms with van der Waals surface area (Å²) in [5.41, 5.74) is 1.16. The maximum atomic E-state index is 4.56. The van der Waals surface area contributed by atoms with Gasteiger partial charge in [0.25, 0.3) is 0 Å². The van der Waals surface area contributed by atoms with Crippen LogP contribution in [0.3, 0.4) is 0 Å². The number of aromatic nitrogens is 4. The third-order valence-corrected chi connectivity index (χ3v) is 3.62. The lowest BCUT2D eigenvalue weighted by Crippen LogP contribution is -1.92. The highest BCUT2D eigenvalue weighted by Crippen LogP contribution is 2.38. The Balaban J connectivity index is 1.77. The predicted molar refractivity (Wildman–Crippen MR) is 66.1 cm³/mol. The first kappa shape index (κ1) is 10.8. The molecule has 0 saturated heterocycles. The van der Waals surface area contributed by atoms with Crippen LogP contribution in [-0.2, 0) is 6.42 Å². The van der Waals surface area contributed by atoms with E-state index in [0.717, 1.165) is 28.1 Å². The first-order valence-corrected chi connectivity index (χ1v) is 6.71. The zero-order chi connectivity index (χ0) is 11.7. The van der Waals surface area contributed by atoms with Crippen molar-refractivity contribution in [3.8, 4) is 0 Å². The maximum absolute atomic E-state index is 4.56. The van der Waals surface area contributed by atoms with Gasteiger partial charge in [0.15, 0.2) is 5.16 Å². The van der Waals surface area contributed by atoms with Gasteiger partial charge in [0.2, 0.25) is 0 Å². The molecule has 17 heavy (non-hydrogen) atoms. The molecule has 2 aromatic rings. The van der Waals surface area contributed by atoms with E-state index in [1.54, 1.807) is 11.8 Å². The molecule has 0 bridgehead atoms. The molecule has 4 nitrogen and oxygen atoms in total. The lowest BCUT2D eigenvalue weighted by atomic mass is 10.4. The summed E-state index contributed by atoms with van der Waals surface area (Å²) in [5, 5.41) is 1.88. The molecule has 5 heteroatoms. The highest BCUT2D eigenvalue weighted by Gasteiger charge is 2.26. The van der Waals surface area contributed by atoms with E-state index in [1.165, 1.54) is 12.8 Å². The fraction of sp³-hybridized carbons (Fsp3) is 0.417. The van der Waals surface area contributed by atoms with Gasteiger partial charge in [-0.1, -0.05) is 6.92 Å². The molecule has 0 amide bonds. The largest absolute Gasteiger partial charge is 0.337 e. The van der Waals surface area contributed by atoms with Crippen molar-refractivity contribution in [1.29, 1.82) is 0 Å². The first-order valence-electron chi connectivity index (χ1n) is 5.90. The van der Waals surface area contributed by atoms with E-state index in [2.05, 4.69) is 26.9 Å². The molecule has 0 aromatic carbocycles. The maximum Gasteiger partial charge on any atom is 0.171 e. The van der Waals surface area contributed by atoms with Gasteiger partial charge in [0, 0.05) is 24.0 Å². The SMILES string of the molecule is CCc1cnc(Sc2ccnc(C3CC3)n2)[nH]1. The standard InChI is InChI=1S/C12H14N4S/c1-2-9-7-14-12(15-9)17-10-5-6-13-11(16-10)8-3-4-8/h5-8H,2-4H2,1H3,(H,14,15). The average Bonchev–Trinajstić information content (AvgIpc) is 3.11. The van der Waals surface area contributed by atoms with Crippen LogP contribution in [0.1, 0.15) is 37.2 Å². The Morgan fingerprint density at radius 2 is 2.29 bits per heavy atom. The van der Waals surface area contributed by atoms with Gasteiger partial charge in [-0.3, -0.25) is 0 Å². The smallest absolute Gasteiger partial charge is 0.171 e. The van der Waals surface area contributed by atoms with Gasteiger partial charge in [-0.25, -0.2) is 15.0 Å². The number of rotatable bonds is 4. The van der Waals surface area contributed by atoms with Crippen LogP contribution in [0.4, 0.5) is 0 Å². The topological polar surface area (TPSA) is 54.5 Å². The molecule has 1 N–H and O–H groups in total. The van der Waals surface area contributed by atoms with Crippen LogP contribution >= 0.6 is 11.8 Å².